The molecule has 1 unspecified atom stereocenters. The first-order valence-corrected chi connectivity index (χ1v) is 6.72. The monoisotopic (exact) mass is 234 g/mol. The average molecular weight is 234 g/mol. The van der Waals surface area contributed by atoms with Gasteiger partial charge in [-0.3, -0.25) is 0 Å². The number of nitrogens with one attached hydrogen (secondary N) is 1. The van der Waals surface area contributed by atoms with Crippen LogP contribution in [-0.2, 0) is 6.54 Å². The lowest BCUT2D eigenvalue weighted by molar-refractivity contribution is 0.275. The van der Waals surface area contributed by atoms with Gasteiger partial charge in [-0.2, -0.15) is 0 Å². The maximum absolute atomic E-state index is 3.56. The van der Waals surface area contributed by atoms with E-state index in [-0.39, 0.29) is 0 Å². The van der Waals surface area contributed by atoms with E-state index in [0.29, 0.717) is 6.04 Å². The van der Waals surface area contributed by atoms with Crippen LogP contribution in [0.1, 0.15) is 32.3 Å². The van der Waals surface area contributed by atoms with Crippen molar-refractivity contribution in [2.75, 3.05) is 20.1 Å². The number of likely N-dealkylation sites (N-methyl/N-ethyl adjacent to an activating group) is 2. The standard InChI is InChI=1S/C15H26N2/c1-4-9-15(16-5-2)13-17(3)12-14-10-7-6-8-11-14/h6-8,10-11,15-16H,4-5,9,12-13H2,1-3H3. The van der Waals surface area contributed by atoms with E-state index in [1.54, 1.807) is 0 Å². The van der Waals surface area contributed by atoms with Crippen molar-refractivity contribution >= 4 is 0 Å². The SMILES string of the molecule is CCCC(CN(C)Cc1ccccc1)NCC. The Bertz CT molecular complexity index is 278. The van der Waals surface area contributed by atoms with Crippen molar-refractivity contribution in [2.45, 2.75) is 39.3 Å². The molecule has 0 aliphatic rings. The highest BCUT2D eigenvalue weighted by Gasteiger charge is 2.09. The van der Waals surface area contributed by atoms with Crippen LogP contribution in [0.2, 0.25) is 0 Å². The van der Waals surface area contributed by atoms with E-state index < -0.39 is 0 Å². The molecule has 1 N–H and O–H groups in total. The first kappa shape index (κ1) is 14.2. The molecule has 1 aromatic carbocycles. The van der Waals surface area contributed by atoms with E-state index in [1.165, 1.54) is 18.4 Å². The molecule has 96 valence electrons. The third kappa shape index (κ3) is 5.85. The highest BCUT2D eigenvalue weighted by Crippen LogP contribution is 2.05. The maximum Gasteiger partial charge on any atom is 0.0231 e. The van der Waals surface area contributed by atoms with Gasteiger partial charge in [-0.1, -0.05) is 50.6 Å². The lowest BCUT2D eigenvalue weighted by atomic mass is 10.1. The lowest BCUT2D eigenvalue weighted by Gasteiger charge is -2.24. The highest BCUT2D eigenvalue weighted by molar-refractivity contribution is 5.14. The molecule has 2 nitrogen and oxygen atoms in total. The van der Waals surface area contributed by atoms with Gasteiger partial charge in [-0.25, -0.2) is 0 Å². The largest absolute Gasteiger partial charge is 0.313 e. The minimum Gasteiger partial charge on any atom is -0.313 e. The molecular formula is C15H26N2. The van der Waals surface area contributed by atoms with Gasteiger partial charge in [-0.05, 0) is 25.6 Å². The molecule has 0 saturated carbocycles. The third-order valence-corrected chi connectivity index (χ3v) is 2.96. The first-order valence-electron chi connectivity index (χ1n) is 6.72. The summed E-state index contributed by atoms with van der Waals surface area (Å²) < 4.78 is 0. The molecule has 0 aliphatic carbocycles. The number of nitrogens with zero attached hydrogens (tertiary/aromatic N) is 1. The molecule has 1 atom stereocenters. The zero-order valence-electron chi connectivity index (χ0n) is 11.4. The van der Waals surface area contributed by atoms with Crippen molar-refractivity contribution in [1.29, 1.82) is 0 Å². The summed E-state index contributed by atoms with van der Waals surface area (Å²) >= 11 is 0. The van der Waals surface area contributed by atoms with Crippen molar-refractivity contribution in [3.8, 4) is 0 Å². The van der Waals surface area contributed by atoms with Gasteiger partial charge in [0.25, 0.3) is 0 Å². The fraction of sp³-hybridized carbons (Fsp3) is 0.600. The summed E-state index contributed by atoms with van der Waals surface area (Å²) in [5, 5.41) is 3.56. The Hall–Kier alpha value is -0.860. The van der Waals surface area contributed by atoms with Crippen LogP contribution in [0.5, 0.6) is 0 Å². The molecule has 0 spiro atoms. The van der Waals surface area contributed by atoms with E-state index >= 15 is 0 Å². The van der Waals surface area contributed by atoms with Crippen molar-refractivity contribution in [1.82, 2.24) is 10.2 Å². The number of hydrogen-bond acceptors (Lipinski definition) is 2. The second kappa shape index (κ2) is 8.26. The Morgan fingerprint density at radius 2 is 1.88 bits per heavy atom. The van der Waals surface area contributed by atoms with Crippen LogP contribution in [0.15, 0.2) is 30.3 Å². The Morgan fingerprint density at radius 3 is 2.47 bits per heavy atom. The molecular weight excluding hydrogens is 208 g/mol. The molecule has 0 heterocycles. The second-order valence-electron chi connectivity index (χ2n) is 4.73. The molecule has 0 bridgehead atoms. The molecule has 17 heavy (non-hydrogen) atoms. The molecule has 1 aromatic rings. The molecule has 0 fully saturated rings. The van der Waals surface area contributed by atoms with Crippen LogP contribution in [0.25, 0.3) is 0 Å². The van der Waals surface area contributed by atoms with Crippen LogP contribution < -0.4 is 5.32 Å². The summed E-state index contributed by atoms with van der Waals surface area (Å²) in [6.07, 6.45) is 2.50. The zero-order valence-corrected chi connectivity index (χ0v) is 11.4. The van der Waals surface area contributed by atoms with Gasteiger partial charge in [0.1, 0.15) is 0 Å². The summed E-state index contributed by atoms with van der Waals surface area (Å²) in [6, 6.07) is 11.3. The van der Waals surface area contributed by atoms with E-state index in [4.69, 9.17) is 0 Å². The second-order valence-corrected chi connectivity index (χ2v) is 4.73. The summed E-state index contributed by atoms with van der Waals surface area (Å²) in [6.45, 7) is 7.65. The molecule has 2 heteroatoms. The van der Waals surface area contributed by atoms with Crippen molar-refractivity contribution in [3.05, 3.63) is 35.9 Å². The van der Waals surface area contributed by atoms with Crippen LogP contribution in [0, 0.1) is 0 Å². The van der Waals surface area contributed by atoms with Crippen molar-refractivity contribution in [3.63, 3.8) is 0 Å². The summed E-state index contributed by atoms with van der Waals surface area (Å²) in [5.41, 5.74) is 1.39. The molecule has 0 saturated heterocycles. The predicted molar refractivity (Wildman–Crippen MR) is 75.1 cm³/mol. The van der Waals surface area contributed by atoms with Crippen LogP contribution in [-0.4, -0.2) is 31.1 Å². The smallest absolute Gasteiger partial charge is 0.0231 e. The molecule has 0 radical (unpaired) electrons. The fourth-order valence-electron chi connectivity index (χ4n) is 2.23. The Morgan fingerprint density at radius 1 is 1.18 bits per heavy atom. The number of hydrogen-bond donors (Lipinski definition) is 1. The van der Waals surface area contributed by atoms with Crippen molar-refractivity contribution in [2.24, 2.45) is 0 Å². The highest BCUT2D eigenvalue weighted by atomic mass is 15.1. The van der Waals surface area contributed by atoms with Gasteiger partial charge in [0.2, 0.25) is 0 Å². The van der Waals surface area contributed by atoms with Gasteiger partial charge in [0.05, 0.1) is 0 Å². The van der Waals surface area contributed by atoms with Gasteiger partial charge < -0.3 is 10.2 Å². The lowest BCUT2D eigenvalue weighted by Crippen LogP contribution is -2.39. The van der Waals surface area contributed by atoms with Crippen molar-refractivity contribution < 1.29 is 0 Å². The maximum atomic E-state index is 3.56. The minimum atomic E-state index is 0.624. The third-order valence-electron chi connectivity index (χ3n) is 2.96. The molecule has 0 amide bonds. The predicted octanol–water partition coefficient (Wildman–Crippen LogP) is 2.90. The normalized spacial score (nSPS) is 12.9. The molecule has 1 rings (SSSR count). The quantitative estimate of drug-likeness (QED) is 0.744. The van der Waals surface area contributed by atoms with Gasteiger partial charge in [0.15, 0.2) is 0 Å². The van der Waals surface area contributed by atoms with Gasteiger partial charge in [-0.15, -0.1) is 0 Å². The van der Waals surface area contributed by atoms with Crippen LogP contribution >= 0.6 is 0 Å². The molecule has 0 aliphatic heterocycles. The van der Waals surface area contributed by atoms with Crippen LogP contribution in [0.3, 0.4) is 0 Å². The summed E-state index contributed by atoms with van der Waals surface area (Å²) in [4.78, 5) is 2.40. The summed E-state index contributed by atoms with van der Waals surface area (Å²) in [7, 11) is 2.20. The van der Waals surface area contributed by atoms with Gasteiger partial charge in [0, 0.05) is 19.1 Å². The van der Waals surface area contributed by atoms with E-state index in [1.807, 2.05) is 0 Å². The van der Waals surface area contributed by atoms with E-state index in [2.05, 4.69) is 61.4 Å². The van der Waals surface area contributed by atoms with E-state index in [9.17, 15) is 0 Å². The van der Waals surface area contributed by atoms with Gasteiger partial charge >= 0.3 is 0 Å². The van der Waals surface area contributed by atoms with E-state index in [0.717, 1.165) is 19.6 Å². The first-order chi connectivity index (χ1) is 8.26. The number of rotatable bonds is 8. The Labute approximate surface area is 106 Å². The Kier molecular flexibility index (Phi) is 6.90. The zero-order chi connectivity index (χ0) is 12.5. The topological polar surface area (TPSA) is 15.3 Å². The molecule has 0 aromatic heterocycles. The number of benzene rings is 1. The van der Waals surface area contributed by atoms with Crippen LogP contribution in [0.4, 0.5) is 0 Å². The fourth-order valence-corrected chi connectivity index (χ4v) is 2.23. The minimum absolute atomic E-state index is 0.624. The average Bonchev–Trinajstić information content (AvgIpc) is 2.30. The Balaban J connectivity index is 2.38. The summed E-state index contributed by atoms with van der Waals surface area (Å²) in [5.74, 6) is 0.